The first-order chi connectivity index (χ1) is 9.31. The van der Waals surface area contributed by atoms with Gasteiger partial charge in [-0.3, -0.25) is 4.79 Å². The molecule has 0 aliphatic carbocycles. The van der Waals surface area contributed by atoms with Gasteiger partial charge < -0.3 is 15.5 Å². The Morgan fingerprint density at radius 1 is 1.20 bits per heavy atom. The van der Waals surface area contributed by atoms with Crippen LogP contribution in [-0.4, -0.2) is 5.91 Å². The van der Waals surface area contributed by atoms with Gasteiger partial charge in [0.25, 0.3) is 5.91 Å². The van der Waals surface area contributed by atoms with Crippen LogP contribution in [0.2, 0.25) is 0 Å². The second kappa shape index (κ2) is 5.32. The summed E-state index contributed by atoms with van der Waals surface area (Å²) < 4.78 is 6.24. The molecule has 0 spiro atoms. The molecule has 0 bridgehead atoms. The van der Waals surface area contributed by atoms with Crippen LogP contribution in [-0.2, 0) is 0 Å². The van der Waals surface area contributed by atoms with Crippen LogP contribution in [0.3, 0.4) is 0 Å². The van der Waals surface area contributed by atoms with E-state index in [-0.39, 0.29) is 5.91 Å². The number of carbonyl (C=O) groups is 1. The largest absolute Gasteiger partial charge is 0.466 e. The molecule has 0 saturated carbocycles. The lowest BCUT2D eigenvalue weighted by Crippen LogP contribution is -2.15. The maximum absolute atomic E-state index is 12.4. The van der Waals surface area contributed by atoms with Crippen molar-refractivity contribution >= 4 is 33.2 Å². The molecule has 2 aromatic rings. The third-order valence-electron chi connectivity index (χ3n) is 3.29. The highest BCUT2D eigenvalue weighted by Crippen LogP contribution is 2.31. The number of carbonyl (C=O) groups excluding carboxylic acids is 1. The maximum atomic E-state index is 12.4. The number of nitrogens with two attached hydrogens (primary N) is 1. The van der Waals surface area contributed by atoms with Crippen molar-refractivity contribution in [2.45, 2.75) is 27.7 Å². The summed E-state index contributed by atoms with van der Waals surface area (Å²) in [4.78, 5) is 12.4. The van der Waals surface area contributed by atoms with Gasteiger partial charge in [-0.2, -0.15) is 0 Å². The number of nitrogen functional groups attached to an aromatic ring is 1. The van der Waals surface area contributed by atoms with Crippen molar-refractivity contribution in [1.82, 2.24) is 0 Å². The molecule has 0 saturated heterocycles. The fourth-order valence-corrected chi connectivity index (χ4v) is 2.89. The molecule has 106 valence electrons. The molecule has 0 radical (unpaired) electrons. The molecule has 1 aromatic heterocycles. The van der Waals surface area contributed by atoms with E-state index < -0.39 is 0 Å². The Morgan fingerprint density at radius 2 is 1.85 bits per heavy atom. The van der Waals surface area contributed by atoms with Gasteiger partial charge in [-0.05, 0) is 61.3 Å². The molecule has 0 aliphatic heterocycles. The summed E-state index contributed by atoms with van der Waals surface area (Å²) in [7, 11) is 0. The monoisotopic (exact) mass is 336 g/mol. The normalized spacial score (nSPS) is 10.7. The summed E-state index contributed by atoms with van der Waals surface area (Å²) in [5.41, 5.74) is 9.51. The van der Waals surface area contributed by atoms with Crippen molar-refractivity contribution in [3.8, 4) is 0 Å². The quantitative estimate of drug-likeness (QED) is 0.811. The highest BCUT2D eigenvalue weighted by molar-refractivity contribution is 9.10. The fraction of sp³-hybridized carbons (Fsp3) is 0.267. The molecule has 0 fully saturated rings. The van der Waals surface area contributed by atoms with Gasteiger partial charge in [0.1, 0.15) is 11.5 Å². The summed E-state index contributed by atoms with van der Waals surface area (Å²) >= 11 is 3.42. The minimum absolute atomic E-state index is 0.215. The lowest BCUT2D eigenvalue weighted by Gasteiger charge is -2.11. The molecular weight excluding hydrogens is 320 g/mol. The molecule has 2 rings (SSSR count). The van der Waals surface area contributed by atoms with Crippen LogP contribution >= 0.6 is 15.9 Å². The van der Waals surface area contributed by atoms with E-state index in [1.165, 1.54) is 0 Å². The van der Waals surface area contributed by atoms with E-state index in [1.807, 2.05) is 32.9 Å². The minimum Gasteiger partial charge on any atom is -0.466 e. The Hall–Kier alpha value is -1.75. The molecule has 4 nitrogen and oxygen atoms in total. The van der Waals surface area contributed by atoms with Gasteiger partial charge in [0.2, 0.25) is 0 Å². The van der Waals surface area contributed by atoms with E-state index in [9.17, 15) is 4.79 Å². The molecule has 0 aliphatic rings. The highest BCUT2D eigenvalue weighted by atomic mass is 79.9. The first-order valence-electron chi connectivity index (χ1n) is 6.24. The number of nitrogens with one attached hydrogen (secondary N) is 1. The minimum atomic E-state index is -0.215. The topological polar surface area (TPSA) is 68.3 Å². The van der Waals surface area contributed by atoms with E-state index in [1.54, 1.807) is 6.92 Å². The summed E-state index contributed by atoms with van der Waals surface area (Å²) in [5, 5.41) is 2.85. The van der Waals surface area contributed by atoms with Crippen LogP contribution in [0.15, 0.2) is 21.0 Å². The summed E-state index contributed by atoms with van der Waals surface area (Å²) in [5.74, 6) is 1.15. The first-order valence-corrected chi connectivity index (χ1v) is 7.04. The Balaban J connectivity index is 2.38. The smallest absolute Gasteiger partial charge is 0.259 e. The molecule has 3 N–H and O–H groups in total. The number of rotatable bonds is 2. The average molecular weight is 337 g/mol. The molecule has 0 atom stereocenters. The van der Waals surface area contributed by atoms with E-state index in [0.717, 1.165) is 21.4 Å². The van der Waals surface area contributed by atoms with Crippen molar-refractivity contribution in [3.05, 3.63) is 44.8 Å². The Morgan fingerprint density at radius 3 is 2.35 bits per heavy atom. The average Bonchev–Trinajstić information content (AvgIpc) is 2.58. The first kappa shape index (κ1) is 14.7. The lowest BCUT2D eigenvalue weighted by atomic mass is 10.1. The second-order valence-corrected chi connectivity index (χ2v) is 5.73. The van der Waals surface area contributed by atoms with Crippen molar-refractivity contribution in [2.75, 3.05) is 11.1 Å². The van der Waals surface area contributed by atoms with Gasteiger partial charge in [-0.25, -0.2) is 0 Å². The number of hydrogen-bond acceptors (Lipinski definition) is 3. The molecule has 0 unspecified atom stereocenters. The molecule has 5 heteroatoms. The van der Waals surface area contributed by atoms with Crippen molar-refractivity contribution in [1.29, 1.82) is 0 Å². The third-order valence-corrected chi connectivity index (χ3v) is 3.92. The Labute approximate surface area is 126 Å². The highest BCUT2D eigenvalue weighted by Gasteiger charge is 2.20. The summed E-state index contributed by atoms with van der Waals surface area (Å²) in [6.07, 6.45) is 0. The summed E-state index contributed by atoms with van der Waals surface area (Å²) in [6.45, 7) is 7.44. The SMILES string of the molecule is Cc1cc(N)c(NC(=O)c2c(C)oc(C)c2C)c(Br)c1. The predicted octanol–water partition coefficient (Wildman–Crippen LogP) is 4.11. The van der Waals surface area contributed by atoms with E-state index in [2.05, 4.69) is 21.2 Å². The number of hydrogen-bond donors (Lipinski definition) is 2. The van der Waals surface area contributed by atoms with Crippen LogP contribution < -0.4 is 11.1 Å². The molecule has 1 amide bonds. The Kier molecular flexibility index (Phi) is 3.90. The van der Waals surface area contributed by atoms with Crippen LogP contribution in [0.4, 0.5) is 11.4 Å². The number of aryl methyl sites for hydroxylation is 3. The van der Waals surface area contributed by atoms with Gasteiger partial charge in [0, 0.05) is 10.0 Å². The van der Waals surface area contributed by atoms with Gasteiger partial charge in [-0.1, -0.05) is 0 Å². The Bertz CT molecular complexity index is 666. The number of halogens is 1. The predicted molar refractivity (Wildman–Crippen MR) is 84.2 cm³/mol. The van der Waals surface area contributed by atoms with Crippen LogP contribution in [0.1, 0.15) is 33.0 Å². The zero-order chi connectivity index (χ0) is 15.0. The van der Waals surface area contributed by atoms with Gasteiger partial charge in [0.05, 0.1) is 16.9 Å². The molecule has 1 aromatic carbocycles. The van der Waals surface area contributed by atoms with Crippen LogP contribution in [0.5, 0.6) is 0 Å². The number of anilines is 2. The van der Waals surface area contributed by atoms with Gasteiger partial charge in [0.15, 0.2) is 0 Å². The van der Waals surface area contributed by atoms with Crippen LogP contribution in [0.25, 0.3) is 0 Å². The zero-order valence-corrected chi connectivity index (χ0v) is 13.5. The molecule has 1 heterocycles. The number of amides is 1. The standard InChI is InChI=1S/C15H17BrN2O2/c1-7-5-11(16)14(12(17)6-7)18-15(19)13-8(2)9(3)20-10(13)4/h5-6H,17H2,1-4H3,(H,18,19). The zero-order valence-electron chi connectivity index (χ0n) is 11.9. The molecular formula is C15H17BrN2O2. The molecule has 20 heavy (non-hydrogen) atoms. The van der Waals surface area contributed by atoms with Crippen molar-refractivity contribution in [3.63, 3.8) is 0 Å². The van der Waals surface area contributed by atoms with Gasteiger partial charge in [-0.15, -0.1) is 0 Å². The van der Waals surface area contributed by atoms with Crippen molar-refractivity contribution < 1.29 is 9.21 Å². The van der Waals surface area contributed by atoms with E-state index >= 15 is 0 Å². The van der Waals surface area contributed by atoms with E-state index in [4.69, 9.17) is 10.2 Å². The maximum Gasteiger partial charge on any atom is 0.259 e. The summed E-state index contributed by atoms with van der Waals surface area (Å²) in [6, 6.07) is 3.73. The van der Waals surface area contributed by atoms with E-state index in [0.29, 0.717) is 22.7 Å². The lowest BCUT2D eigenvalue weighted by molar-refractivity contribution is 0.102. The third kappa shape index (κ3) is 2.58. The fourth-order valence-electron chi connectivity index (χ4n) is 2.20. The second-order valence-electron chi connectivity index (χ2n) is 4.88. The van der Waals surface area contributed by atoms with Crippen molar-refractivity contribution in [2.24, 2.45) is 0 Å². The number of benzene rings is 1. The number of furan rings is 1. The van der Waals surface area contributed by atoms with Crippen LogP contribution in [0, 0.1) is 27.7 Å². The van der Waals surface area contributed by atoms with Gasteiger partial charge >= 0.3 is 0 Å².